The molecule has 104 valence electrons. The number of nitrogens with one attached hydrogen (secondary N) is 1. The summed E-state index contributed by atoms with van der Waals surface area (Å²) in [6, 6.07) is 8.96. The quantitative estimate of drug-likeness (QED) is 0.844. The topological polar surface area (TPSA) is 35.8 Å². The number of aryl methyl sites for hydroxylation is 2. The van der Waals surface area contributed by atoms with Gasteiger partial charge in [-0.25, -0.2) is 0 Å². The Labute approximate surface area is 117 Å². The van der Waals surface area contributed by atoms with Crippen LogP contribution in [-0.4, -0.2) is 13.1 Å². The number of hydrogen-bond acceptors (Lipinski definition) is 2. The first-order valence-electron chi connectivity index (χ1n) is 7.08. The fourth-order valence-corrected chi connectivity index (χ4v) is 2.40. The minimum Gasteiger partial charge on any atom is -0.315 e. The van der Waals surface area contributed by atoms with Gasteiger partial charge in [-0.3, -0.25) is 0 Å². The predicted molar refractivity (Wildman–Crippen MR) is 81.2 cm³/mol. The molecular formula is C17H26N2. The zero-order chi connectivity index (χ0) is 14.5. The molecule has 1 aromatic carbocycles. The van der Waals surface area contributed by atoms with Crippen molar-refractivity contribution < 1.29 is 0 Å². The second kappa shape index (κ2) is 6.73. The van der Waals surface area contributed by atoms with E-state index in [1.165, 1.54) is 16.7 Å². The Bertz CT molecular complexity index is 455. The van der Waals surface area contributed by atoms with E-state index in [1.807, 2.05) is 0 Å². The molecule has 0 radical (unpaired) electrons. The summed E-state index contributed by atoms with van der Waals surface area (Å²) in [7, 11) is 0. The maximum absolute atomic E-state index is 8.96. The first-order valence-corrected chi connectivity index (χ1v) is 7.08. The monoisotopic (exact) mass is 258 g/mol. The summed E-state index contributed by atoms with van der Waals surface area (Å²) in [6.07, 6.45) is 0.910. The van der Waals surface area contributed by atoms with E-state index in [4.69, 9.17) is 5.26 Å². The minimum absolute atomic E-state index is 0.0872. The molecule has 0 saturated heterocycles. The largest absolute Gasteiger partial charge is 0.315 e. The molecule has 1 atom stereocenters. The van der Waals surface area contributed by atoms with Crippen molar-refractivity contribution in [2.45, 2.75) is 46.5 Å². The van der Waals surface area contributed by atoms with Crippen molar-refractivity contribution in [3.63, 3.8) is 0 Å². The van der Waals surface area contributed by atoms with Crippen LogP contribution in [0.2, 0.25) is 0 Å². The zero-order valence-electron chi connectivity index (χ0n) is 12.9. The van der Waals surface area contributed by atoms with Crippen molar-refractivity contribution in [3.8, 4) is 6.07 Å². The Morgan fingerprint density at radius 3 is 2.58 bits per heavy atom. The van der Waals surface area contributed by atoms with Crippen LogP contribution in [0.1, 0.15) is 43.9 Å². The number of benzene rings is 1. The summed E-state index contributed by atoms with van der Waals surface area (Å²) in [4.78, 5) is 0. The van der Waals surface area contributed by atoms with Crippen LogP contribution in [0.3, 0.4) is 0 Å². The SMILES string of the molecule is CCC(C#N)CNCC(C)(C)c1cc(C)ccc1C. The lowest BCUT2D eigenvalue weighted by Gasteiger charge is -2.28. The molecule has 0 aliphatic heterocycles. The van der Waals surface area contributed by atoms with E-state index < -0.39 is 0 Å². The van der Waals surface area contributed by atoms with Crippen LogP contribution in [0.4, 0.5) is 0 Å². The average molecular weight is 258 g/mol. The molecule has 0 amide bonds. The normalized spacial score (nSPS) is 13.1. The molecule has 0 saturated carbocycles. The molecule has 0 bridgehead atoms. The second-order valence-electron chi connectivity index (χ2n) is 6.07. The lowest BCUT2D eigenvalue weighted by atomic mass is 9.81. The predicted octanol–water partition coefficient (Wildman–Crippen LogP) is 3.72. The average Bonchev–Trinajstić information content (AvgIpc) is 2.37. The van der Waals surface area contributed by atoms with Crippen molar-refractivity contribution in [2.24, 2.45) is 5.92 Å². The van der Waals surface area contributed by atoms with Gasteiger partial charge in [-0.2, -0.15) is 5.26 Å². The Hall–Kier alpha value is -1.33. The first kappa shape index (κ1) is 15.7. The van der Waals surface area contributed by atoms with Crippen molar-refractivity contribution in [1.82, 2.24) is 5.32 Å². The van der Waals surface area contributed by atoms with E-state index in [0.29, 0.717) is 0 Å². The van der Waals surface area contributed by atoms with Gasteiger partial charge in [-0.15, -0.1) is 0 Å². The summed E-state index contributed by atoms with van der Waals surface area (Å²) in [5, 5.41) is 12.4. The highest BCUT2D eigenvalue weighted by Crippen LogP contribution is 2.26. The fraction of sp³-hybridized carbons (Fsp3) is 0.588. The molecule has 0 heterocycles. The number of nitrogens with zero attached hydrogens (tertiary/aromatic N) is 1. The molecular weight excluding hydrogens is 232 g/mol. The lowest BCUT2D eigenvalue weighted by Crippen LogP contribution is -2.36. The van der Waals surface area contributed by atoms with Gasteiger partial charge in [0.2, 0.25) is 0 Å². The third-order valence-electron chi connectivity index (χ3n) is 3.76. The zero-order valence-corrected chi connectivity index (χ0v) is 12.9. The molecule has 2 nitrogen and oxygen atoms in total. The Balaban J connectivity index is 2.70. The van der Waals surface area contributed by atoms with Gasteiger partial charge in [-0.05, 0) is 31.4 Å². The Morgan fingerprint density at radius 2 is 2.00 bits per heavy atom. The maximum Gasteiger partial charge on any atom is 0.0669 e. The molecule has 0 aliphatic carbocycles. The van der Waals surface area contributed by atoms with Crippen molar-refractivity contribution in [1.29, 1.82) is 5.26 Å². The first-order chi connectivity index (χ1) is 8.90. The summed E-state index contributed by atoms with van der Waals surface area (Å²) in [5.74, 6) is 0.120. The molecule has 1 aromatic rings. The van der Waals surface area contributed by atoms with Crippen LogP contribution in [0.5, 0.6) is 0 Å². The lowest BCUT2D eigenvalue weighted by molar-refractivity contribution is 0.443. The smallest absolute Gasteiger partial charge is 0.0669 e. The third kappa shape index (κ3) is 4.36. The minimum atomic E-state index is 0.0872. The van der Waals surface area contributed by atoms with Crippen LogP contribution in [0.15, 0.2) is 18.2 Å². The van der Waals surface area contributed by atoms with Crippen LogP contribution in [-0.2, 0) is 5.41 Å². The number of rotatable bonds is 6. The molecule has 0 spiro atoms. The van der Waals surface area contributed by atoms with Gasteiger partial charge in [0.25, 0.3) is 0 Å². The van der Waals surface area contributed by atoms with E-state index in [-0.39, 0.29) is 11.3 Å². The van der Waals surface area contributed by atoms with Crippen molar-refractivity contribution in [2.75, 3.05) is 13.1 Å². The number of hydrogen-bond donors (Lipinski definition) is 1. The highest BCUT2D eigenvalue weighted by atomic mass is 14.9. The number of nitriles is 1. The summed E-state index contributed by atoms with van der Waals surface area (Å²) in [5.41, 5.74) is 4.12. The maximum atomic E-state index is 8.96. The molecule has 1 unspecified atom stereocenters. The summed E-state index contributed by atoms with van der Waals surface area (Å²) in [6.45, 7) is 12.6. The van der Waals surface area contributed by atoms with E-state index in [2.05, 4.69) is 64.2 Å². The van der Waals surface area contributed by atoms with E-state index in [1.54, 1.807) is 0 Å². The molecule has 2 heteroatoms. The molecule has 1 rings (SSSR count). The highest BCUT2D eigenvalue weighted by Gasteiger charge is 2.22. The van der Waals surface area contributed by atoms with Crippen LogP contribution in [0.25, 0.3) is 0 Å². The Morgan fingerprint density at radius 1 is 1.32 bits per heavy atom. The van der Waals surface area contributed by atoms with Gasteiger partial charge in [0.1, 0.15) is 0 Å². The summed E-state index contributed by atoms with van der Waals surface area (Å²) >= 11 is 0. The molecule has 0 fully saturated rings. The van der Waals surface area contributed by atoms with Gasteiger partial charge in [0, 0.05) is 18.5 Å². The van der Waals surface area contributed by atoms with E-state index in [9.17, 15) is 0 Å². The van der Waals surface area contributed by atoms with Gasteiger partial charge in [0.05, 0.1) is 12.0 Å². The van der Waals surface area contributed by atoms with Gasteiger partial charge < -0.3 is 5.32 Å². The van der Waals surface area contributed by atoms with Crippen molar-refractivity contribution >= 4 is 0 Å². The molecule has 1 N–H and O–H groups in total. The van der Waals surface area contributed by atoms with Crippen LogP contribution in [0, 0.1) is 31.1 Å². The Kier molecular flexibility index (Phi) is 5.57. The van der Waals surface area contributed by atoms with Crippen molar-refractivity contribution in [3.05, 3.63) is 34.9 Å². The molecule has 0 aliphatic rings. The summed E-state index contributed by atoms with van der Waals surface area (Å²) < 4.78 is 0. The van der Waals surface area contributed by atoms with Crippen LogP contribution < -0.4 is 5.32 Å². The van der Waals surface area contributed by atoms with Gasteiger partial charge >= 0.3 is 0 Å². The van der Waals surface area contributed by atoms with Crippen LogP contribution >= 0.6 is 0 Å². The third-order valence-corrected chi connectivity index (χ3v) is 3.76. The molecule has 0 aromatic heterocycles. The fourth-order valence-electron chi connectivity index (χ4n) is 2.40. The molecule has 19 heavy (non-hydrogen) atoms. The van der Waals surface area contributed by atoms with Gasteiger partial charge in [0.15, 0.2) is 0 Å². The van der Waals surface area contributed by atoms with Gasteiger partial charge in [-0.1, -0.05) is 44.5 Å². The second-order valence-corrected chi connectivity index (χ2v) is 6.07. The highest BCUT2D eigenvalue weighted by molar-refractivity contribution is 5.36. The van der Waals surface area contributed by atoms with E-state index in [0.717, 1.165) is 19.5 Å². The standard InChI is InChI=1S/C17H26N2/c1-6-15(10-18)11-19-12-17(4,5)16-9-13(2)7-8-14(16)3/h7-9,15,19H,6,11-12H2,1-5H3. The van der Waals surface area contributed by atoms with E-state index >= 15 is 0 Å².